The quantitative estimate of drug-likeness (QED) is 0.762. The molecule has 2 nitrogen and oxygen atoms in total. The second-order valence-corrected chi connectivity index (χ2v) is 3.91. The highest BCUT2D eigenvalue weighted by Crippen LogP contribution is 2.32. The largest absolute Gasteiger partial charge is 0.469 e. The minimum absolute atomic E-state index is 0.290. The van der Waals surface area contributed by atoms with Gasteiger partial charge in [-0.15, -0.1) is 0 Å². The molecule has 0 saturated carbocycles. The third-order valence-electron chi connectivity index (χ3n) is 2.25. The summed E-state index contributed by atoms with van der Waals surface area (Å²) >= 11 is 11.9. The van der Waals surface area contributed by atoms with Crippen LogP contribution < -0.4 is 0 Å². The number of hydrogen-bond acceptors (Lipinski definition) is 2. The molecule has 0 aliphatic heterocycles. The molecule has 0 aliphatic carbocycles. The van der Waals surface area contributed by atoms with E-state index in [9.17, 15) is 4.79 Å². The van der Waals surface area contributed by atoms with E-state index in [-0.39, 0.29) is 11.9 Å². The van der Waals surface area contributed by atoms with Crippen molar-refractivity contribution in [2.75, 3.05) is 7.11 Å². The van der Waals surface area contributed by atoms with Gasteiger partial charge >= 0.3 is 5.97 Å². The van der Waals surface area contributed by atoms with Crippen molar-refractivity contribution >= 4 is 29.2 Å². The highest BCUT2D eigenvalue weighted by molar-refractivity contribution is 6.42. The standard InChI is InChI=1S/C11H12Cl2O2/c1-3-7(11(14)15-2)8-5-4-6-9(12)10(8)13/h4-7H,3H2,1-2H3. The summed E-state index contributed by atoms with van der Waals surface area (Å²) in [6, 6.07) is 5.26. The zero-order valence-corrected chi connectivity index (χ0v) is 10.1. The van der Waals surface area contributed by atoms with E-state index in [0.717, 1.165) is 5.56 Å². The van der Waals surface area contributed by atoms with Gasteiger partial charge in [-0.05, 0) is 18.1 Å². The van der Waals surface area contributed by atoms with Crippen LogP contribution in [0.25, 0.3) is 0 Å². The van der Waals surface area contributed by atoms with E-state index in [0.29, 0.717) is 16.5 Å². The summed E-state index contributed by atoms with van der Waals surface area (Å²) in [7, 11) is 1.36. The zero-order chi connectivity index (χ0) is 11.4. The summed E-state index contributed by atoms with van der Waals surface area (Å²) in [6.45, 7) is 1.90. The molecule has 0 N–H and O–H groups in total. The third-order valence-corrected chi connectivity index (χ3v) is 3.08. The molecule has 1 atom stereocenters. The van der Waals surface area contributed by atoms with Gasteiger partial charge in [-0.2, -0.15) is 0 Å². The number of esters is 1. The first-order valence-corrected chi connectivity index (χ1v) is 5.39. The first-order valence-electron chi connectivity index (χ1n) is 4.63. The smallest absolute Gasteiger partial charge is 0.313 e. The Morgan fingerprint density at radius 1 is 1.47 bits per heavy atom. The van der Waals surface area contributed by atoms with E-state index < -0.39 is 0 Å². The predicted octanol–water partition coefficient (Wildman–Crippen LogP) is 3.66. The molecular weight excluding hydrogens is 235 g/mol. The number of methoxy groups -OCH3 is 1. The number of hydrogen-bond donors (Lipinski definition) is 0. The van der Waals surface area contributed by atoms with Gasteiger partial charge in [0, 0.05) is 0 Å². The van der Waals surface area contributed by atoms with Crippen molar-refractivity contribution in [1.82, 2.24) is 0 Å². The summed E-state index contributed by atoms with van der Waals surface area (Å²) < 4.78 is 4.71. The highest BCUT2D eigenvalue weighted by atomic mass is 35.5. The van der Waals surface area contributed by atoms with E-state index in [4.69, 9.17) is 27.9 Å². The molecule has 0 heterocycles. The lowest BCUT2D eigenvalue weighted by atomic mass is 9.96. The second kappa shape index (κ2) is 5.38. The van der Waals surface area contributed by atoms with Crippen LogP contribution in [0.2, 0.25) is 10.0 Å². The first kappa shape index (κ1) is 12.3. The molecule has 0 fully saturated rings. The zero-order valence-electron chi connectivity index (χ0n) is 8.59. The topological polar surface area (TPSA) is 26.3 Å². The van der Waals surface area contributed by atoms with Crippen LogP contribution in [0.4, 0.5) is 0 Å². The van der Waals surface area contributed by atoms with Crippen LogP contribution in [0.15, 0.2) is 18.2 Å². The number of carbonyl (C=O) groups excluding carboxylic acids is 1. The van der Waals surface area contributed by atoms with E-state index in [1.165, 1.54) is 7.11 Å². The summed E-state index contributed by atoms with van der Waals surface area (Å²) in [5.74, 6) is -0.636. The van der Waals surface area contributed by atoms with Gasteiger partial charge in [0.05, 0.1) is 23.1 Å². The van der Waals surface area contributed by atoms with Gasteiger partial charge in [-0.25, -0.2) is 0 Å². The highest BCUT2D eigenvalue weighted by Gasteiger charge is 2.22. The van der Waals surface area contributed by atoms with Gasteiger partial charge in [0.2, 0.25) is 0 Å². The fourth-order valence-corrected chi connectivity index (χ4v) is 1.88. The van der Waals surface area contributed by atoms with Crippen LogP contribution in [0.1, 0.15) is 24.8 Å². The molecule has 1 aromatic rings. The number of rotatable bonds is 3. The summed E-state index contributed by atoms with van der Waals surface area (Å²) in [5, 5.41) is 0.882. The maximum absolute atomic E-state index is 11.5. The summed E-state index contributed by atoms with van der Waals surface area (Å²) in [5.41, 5.74) is 0.721. The molecule has 15 heavy (non-hydrogen) atoms. The van der Waals surface area contributed by atoms with Crippen LogP contribution in [0.5, 0.6) is 0 Å². The number of ether oxygens (including phenoxy) is 1. The van der Waals surface area contributed by atoms with Crippen molar-refractivity contribution in [3.05, 3.63) is 33.8 Å². The second-order valence-electron chi connectivity index (χ2n) is 3.13. The lowest BCUT2D eigenvalue weighted by Crippen LogP contribution is -2.13. The predicted molar refractivity (Wildman–Crippen MR) is 61.5 cm³/mol. The normalized spacial score (nSPS) is 12.3. The number of halogens is 2. The summed E-state index contributed by atoms with van der Waals surface area (Å²) in [4.78, 5) is 11.5. The fourth-order valence-electron chi connectivity index (χ4n) is 1.45. The Hall–Kier alpha value is -0.730. The Morgan fingerprint density at radius 2 is 2.13 bits per heavy atom. The number of benzene rings is 1. The van der Waals surface area contributed by atoms with Gasteiger partial charge in [0.1, 0.15) is 0 Å². The lowest BCUT2D eigenvalue weighted by molar-refractivity contribution is -0.142. The summed E-state index contributed by atoms with van der Waals surface area (Å²) in [6.07, 6.45) is 0.632. The van der Waals surface area contributed by atoms with Crippen molar-refractivity contribution < 1.29 is 9.53 Å². The SMILES string of the molecule is CCC(C(=O)OC)c1cccc(Cl)c1Cl. The van der Waals surface area contributed by atoms with Crippen LogP contribution in [0, 0.1) is 0 Å². The van der Waals surface area contributed by atoms with Gasteiger partial charge in [0.15, 0.2) is 0 Å². The van der Waals surface area contributed by atoms with Crippen molar-refractivity contribution in [1.29, 1.82) is 0 Å². The molecule has 1 unspecified atom stereocenters. The van der Waals surface area contributed by atoms with Gasteiger partial charge < -0.3 is 4.74 Å². The molecule has 0 aromatic heterocycles. The molecule has 82 valence electrons. The minimum Gasteiger partial charge on any atom is -0.469 e. The molecule has 0 aliphatic rings. The Labute approximate surface area is 99.1 Å². The molecule has 4 heteroatoms. The molecule has 1 rings (SSSR count). The van der Waals surface area contributed by atoms with Crippen LogP contribution in [-0.4, -0.2) is 13.1 Å². The van der Waals surface area contributed by atoms with Crippen molar-refractivity contribution in [3.63, 3.8) is 0 Å². The van der Waals surface area contributed by atoms with Crippen molar-refractivity contribution in [2.45, 2.75) is 19.3 Å². The molecule has 0 bridgehead atoms. The Bertz CT molecular complexity index is 364. The molecule has 0 radical (unpaired) electrons. The average molecular weight is 247 g/mol. The fraction of sp³-hybridized carbons (Fsp3) is 0.364. The van der Waals surface area contributed by atoms with Gasteiger partial charge in [-0.3, -0.25) is 4.79 Å². The molecule has 0 spiro atoms. The van der Waals surface area contributed by atoms with Crippen LogP contribution in [-0.2, 0) is 9.53 Å². The minimum atomic E-state index is -0.346. The molecule has 0 saturated heterocycles. The van der Waals surface area contributed by atoms with E-state index >= 15 is 0 Å². The molecular formula is C11H12Cl2O2. The van der Waals surface area contributed by atoms with E-state index in [2.05, 4.69) is 0 Å². The maximum atomic E-state index is 11.5. The first-order chi connectivity index (χ1) is 7.11. The van der Waals surface area contributed by atoms with Crippen LogP contribution >= 0.6 is 23.2 Å². The Balaban J connectivity index is 3.12. The Kier molecular flexibility index (Phi) is 4.43. The number of carbonyl (C=O) groups is 1. The molecule has 1 aromatic carbocycles. The Morgan fingerprint density at radius 3 is 2.67 bits per heavy atom. The van der Waals surface area contributed by atoms with Crippen LogP contribution in [0.3, 0.4) is 0 Å². The van der Waals surface area contributed by atoms with Gasteiger partial charge in [0.25, 0.3) is 0 Å². The lowest BCUT2D eigenvalue weighted by Gasteiger charge is -2.14. The van der Waals surface area contributed by atoms with Gasteiger partial charge in [-0.1, -0.05) is 42.3 Å². The third kappa shape index (κ3) is 2.64. The molecule has 0 amide bonds. The van der Waals surface area contributed by atoms with E-state index in [1.807, 2.05) is 6.92 Å². The average Bonchev–Trinajstić information content (AvgIpc) is 2.24. The van der Waals surface area contributed by atoms with E-state index in [1.54, 1.807) is 18.2 Å². The van der Waals surface area contributed by atoms with Crippen molar-refractivity contribution in [3.8, 4) is 0 Å². The van der Waals surface area contributed by atoms with Crippen molar-refractivity contribution in [2.24, 2.45) is 0 Å². The monoisotopic (exact) mass is 246 g/mol. The maximum Gasteiger partial charge on any atom is 0.313 e.